The molecule has 6 aromatic heterocycles. The molecule has 0 radical (unpaired) electrons. The zero-order valence-electron chi connectivity index (χ0n) is 46.4. The van der Waals surface area contributed by atoms with Gasteiger partial charge in [0.2, 0.25) is 0 Å². The van der Waals surface area contributed by atoms with Crippen LogP contribution in [0.5, 0.6) is 0 Å². The smallest absolute Gasteiger partial charge is 0.415 e. The van der Waals surface area contributed by atoms with Gasteiger partial charge in [0.1, 0.15) is 51.4 Å². The summed E-state index contributed by atoms with van der Waals surface area (Å²) in [5.41, 5.74) is 0.527. The monoisotopic (exact) mass is 1100 g/mol. The number of carbonyl (C=O) groups excluding carboxylic acids is 3. The predicted molar refractivity (Wildman–Crippen MR) is 300 cm³/mol. The molecule has 10 rings (SSSR count). The second kappa shape index (κ2) is 24.5. The van der Waals surface area contributed by atoms with E-state index in [1.165, 1.54) is 21.8 Å². The third-order valence-electron chi connectivity index (χ3n) is 15.6. The summed E-state index contributed by atoms with van der Waals surface area (Å²) in [6.45, 7) is 8.10. The molecule has 0 spiro atoms. The number of hydrogen-bond acceptors (Lipinski definition) is 17. The molecule has 24 heteroatoms. The standard InChI is InChI=1S/C56H74N14O10/c1-56(2,3)80-55(75)66(5)48-30-46(63-42-12-9-21-67(53(42)73)37-18-24-77-25-19-37)65-50-41(32-59-70(48)50)52(72)61-36-15-17-39(28-36)79-23-8-7-11-34-33-78-26-20-44(34)68-22-10-13-43(54(68)74)62-45-29-47(57-4)69-49(64-45)40(31-58-69)51(71)60-35-14-16-38(27-35)76-6/h9-10,12-13,21-22,29-32,34-39,44,57H,7-8,11,14-20,23-28,33H2,1-6H3,(H,60,71)(H,61,72)(H,62,64)(H,63,65)/t34?,35?,36?,38-,39-,44?/m1/s1. The number of ether oxygens (including phenoxy) is 5. The number of amides is 3. The molecule has 2 aliphatic heterocycles. The summed E-state index contributed by atoms with van der Waals surface area (Å²) >= 11 is 0. The molecular weight excluding hydrogens is 1030 g/mol. The maximum atomic E-state index is 14.2. The minimum Gasteiger partial charge on any atom is -0.443 e. The summed E-state index contributed by atoms with van der Waals surface area (Å²) in [6.07, 6.45) is 15.2. The Labute approximate surface area is 463 Å². The number of nitrogens with one attached hydrogen (secondary N) is 5. The van der Waals surface area contributed by atoms with Crippen LogP contribution < -0.4 is 42.6 Å². The van der Waals surface area contributed by atoms with E-state index >= 15 is 0 Å². The second-order valence-electron chi connectivity index (χ2n) is 22.3. The molecule has 4 fully saturated rings. The molecule has 0 aromatic carbocycles. The maximum Gasteiger partial charge on any atom is 0.415 e. The summed E-state index contributed by atoms with van der Waals surface area (Å²) < 4.78 is 35.6. The Bertz CT molecular complexity index is 3310. The molecule has 5 N–H and O–H groups in total. The van der Waals surface area contributed by atoms with Crippen LogP contribution in [0.1, 0.15) is 131 Å². The van der Waals surface area contributed by atoms with E-state index < -0.39 is 11.7 Å². The predicted octanol–water partition coefficient (Wildman–Crippen LogP) is 6.76. The summed E-state index contributed by atoms with van der Waals surface area (Å²) in [7, 11) is 5.00. The molecule has 0 bridgehead atoms. The fraction of sp³-hybridized carbons (Fsp3) is 0.554. The number of nitrogens with zero attached hydrogens (tertiary/aromatic N) is 9. The first kappa shape index (κ1) is 55.9. The van der Waals surface area contributed by atoms with E-state index in [0.717, 1.165) is 64.2 Å². The van der Waals surface area contributed by atoms with Gasteiger partial charge in [0.05, 0.1) is 31.2 Å². The van der Waals surface area contributed by atoms with Gasteiger partial charge in [-0.2, -0.15) is 19.2 Å². The van der Waals surface area contributed by atoms with Gasteiger partial charge in [0, 0.05) is 102 Å². The largest absolute Gasteiger partial charge is 0.443 e. The first-order valence-corrected chi connectivity index (χ1v) is 27.9. The van der Waals surface area contributed by atoms with E-state index in [1.54, 1.807) is 92.2 Å². The van der Waals surface area contributed by atoms with Crippen molar-refractivity contribution in [1.82, 2.24) is 49.0 Å². The van der Waals surface area contributed by atoms with Crippen LogP contribution in [-0.4, -0.2) is 140 Å². The first-order valence-electron chi connectivity index (χ1n) is 27.9. The molecule has 2 saturated heterocycles. The Morgan fingerprint density at radius 1 is 0.750 bits per heavy atom. The Balaban J connectivity index is 0.743. The zero-order chi connectivity index (χ0) is 56.1. The van der Waals surface area contributed by atoms with Gasteiger partial charge in [0.15, 0.2) is 11.3 Å². The molecule has 428 valence electrons. The van der Waals surface area contributed by atoms with E-state index in [-0.39, 0.29) is 93.8 Å². The van der Waals surface area contributed by atoms with Crippen molar-refractivity contribution in [3.8, 4) is 0 Å². The Kier molecular flexibility index (Phi) is 17.1. The fourth-order valence-corrected chi connectivity index (χ4v) is 11.4. The number of anilines is 6. The van der Waals surface area contributed by atoms with Crippen LogP contribution in [0.15, 0.2) is 70.8 Å². The van der Waals surface area contributed by atoms with E-state index in [1.807, 2.05) is 12.3 Å². The minimum atomic E-state index is -0.780. The Morgan fingerprint density at radius 2 is 1.35 bits per heavy atom. The van der Waals surface area contributed by atoms with Crippen molar-refractivity contribution < 1.29 is 38.1 Å². The van der Waals surface area contributed by atoms with Gasteiger partial charge in [0.25, 0.3) is 22.9 Å². The SMILES string of the molecule is CNc1cc(Nc2cccn(C3CCOCC3CCCCO[C@@H]3CCC(NC(=O)c4cnn5c(N(C)C(=O)OC(C)(C)C)cc(Nc6cccn(C7CCOCC7)c6=O)nc45)C3)c2=O)nc2c(C(=O)NC3CC[C@@H](OC)C3)cnn12. The van der Waals surface area contributed by atoms with Crippen LogP contribution >= 0.6 is 0 Å². The number of rotatable bonds is 19. The highest BCUT2D eigenvalue weighted by molar-refractivity contribution is 6.01. The van der Waals surface area contributed by atoms with Gasteiger partial charge in [-0.3, -0.25) is 24.1 Å². The highest BCUT2D eigenvalue weighted by atomic mass is 16.6. The maximum absolute atomic E-state index is 14.2. The number of carbonyl (C=O) groups is 3. The average Bonchev–Trinajstić information content (AvgIpc) is 4.47. The number of aromatic nitrogens is 8. The summed E-state index contributed by atoms with van der Waals surface area (Å²) in [5.74, 6) is 0.947. The van der Waals surface area contributed by atoms with Crippen LogP contribution in [0, 0.1) is 5.92 Å². The van der Waals surface area contributed by atoms with Crippen LogP contribution in [0.3, 0.4) is 0 Å². The Hall–Kier alpha value is -7.41. The summed E-state index contributed by atoms with van der Waals surface area (Å²) in [6, 6.07) is 10.2. The van der Waals surface area contributed by atoms with Crippen molar-refractivity contribution in [3.05, 3.63) is 93.0 Å². The molecule has 8 heterocycles. The van der Waals surface area contributed by atoms with Crippen molar-refractivity contribution in [2.75, 3.05) is 75.1 Å². The van der Waals surface area contributed by atoms with E-state index in [9.17, 15) is 24.0 Å². The van der Waals surface area contributed by atoms with Crippen LogP contribution in [-0.2, 0) is 23.7 Å². The highest BCUT2D eigenvalue weighted by Crippen LogP contribution is 2.32. The van der Waals surface area contributed by atoms with Gasteiger partial charge in [-0.15, -0.1) is 0 Å². The third-order valence-corrected chi connectivity index (χ3v) is 15.6. The molecule has 80 heavy (non-hydrogen) atoms. The molecular formula is C56H74N14O10. The van der Waals surface area contributed by atoms with Crippen molar-refractivity contribution >= 4 is 63.8 Å². The topological polar surface area (TPSA) is 265 Å². The number of methoxy groups -OCH3 is 1. The van der Waals surface area contributed by atoms with Crippen molar-refractivity contribution in [1.29, 1.82) is 0 Å². The minimum absolute atomic E-state index is 0.00240. The van der Waals surface area contributed by atoms with E-state index in [4.69, 9.17) is 33.7 Å². The second-order valence-corrected chi connectivity index (χ2v) is 22.3. The lowest BCUT2D eigenvalue weighted by Crippen LogP contribution is -2.36. The van der Waals surface area contributed by atoms with Gasteiger partial charge < -0.3 is 59.4 Å². The zero-order valence-corrected chi connectivity index (χ0v) is 46.4. The number of pyridine rings is 2. The van der Waals surface area contributed by atoms with E-state index in [0.29, 0.717) is 74.4 Å². The number of unbranched alkanes of at least 4 members (excludes halogenated alkanes) is 1. The average molecular weight is 1100 g/mol. The fourth-order valence-electron chi connectivity index (χ4n) is 11.4. The third kappa shape index (κ3) is 12.6. The quantitative estimate of drug-likeness (QED) is 0.0525. The van der Waals surface area contributed by atoms with Crippen molar-refractivity contribution in [2.24, 2.45) is 5.92 Å². The molecule has 2 saturated carbocycles. The lowest BCUT2D eigenvalue weighted by atomic mass is 9.90. The van der Waals surface area contributed by atoms with Gasteiger partial charge in [-0.1, -0.05) is 6.42 Å². The lowest BCUT2D eigenvalue weighted by molar-refractivity contribution is 0.0132. The lowest BCUT2D eigenvalue weighted by Gasteiger charge is -2.33. The van der Waals surface area contributed by atoms with Gasteiger partial charge in [-0.05, 0) is 116 Å². The van der Waals surface area contributed by atoms with Crippen molar-refractivity contribution in [2.45, 2.75) is 140 Å². The van der Waals surface area contributed by atoms with Crippen LogP contribution in [0.2, 0.25) is 0 Å². The highest BCUT2D eigenvalue weighted by Gasteiger charge is 2.33. The molecule has 3 amide bonds. The molecule has 6 aromatic rings. The molecule has 2 aliphatic carbocycles. The molecule has 4 aliphatic rings. The van der Waals surface area contributed by atoms with Gasteiger partial charge >= 0.3 is 6.09 Å². The Morgan fingerprint density at radius 3 is 2.00 bits per heavy atom. The van der Waals surface area contributed by atoms with Crippen LogP contribution in [0.25, 0.3) is 11.3 Å². The van der Waals surface area contributed by atoms with Gasteiger partial charge in [-0.25, -0.2) is 14.8 Å². The first-order chi connectivity index (χ1) is 38.6. The number of fused-ring (bicyclic) bond motifs is 2. The normalized spacial score (nSPS) is 21.6. The molecule has 6 atom stereocenters. The molecule has 24 nitrogen and oxygen atoms in total. The van der Waals surface area contributed by atoms with Crippen molar-refractivity contribution in [3.63, 3.8) is 0 Å². The molecule has 4 unspecified atom stereocenters. The summed E-state index contributed by atoms with van der Waals surface area (Å²) in [4.78, 5) is 79.8. The van der Waals surface area contributed by atoms with E-state index in [2.05, 4.69) is 36.8 Å². The van der Waals surface area contributed by atoms with Crippen LogP contribution in [0.4, 0.5) is 39.4 Å². The summed E-state index contributed by atoms with van der Waals surface area (Å²) in [5, 5.41) is 24.8. The number of hydrogen-bond donors (Lipinski definition) is 5.